The second-order valence-corrected chi connectivity index (χ2v) is 3.00. The molecule has 0 aromatic carbocycles. The van der Waals surface area contributed by atoms with Crippen LogP contribution in [-0.2, 0) is 0 Å². The fraction of sp³-hybridized carbons (Fsp3) is 0.857. The van der Waals surface area contributed by atoms with E-state index in [1.165, 1.54) is 25.7 Å². The standard InChI is InChI=1S/C7H11N/c1-2-7(3-4-7)6-8-5-1/h6H,1-5H2. The van der Waals surface area contributed by atoms with Crippen molar-refractivity contribution in [3.63, 3.8) is 0 Å². The SMILES string of the molecule is C1=NCCCC12CC2. The fourth-order valence-electron chi connectivity index (χ4n) is 1.38. The molecule has 0 aromatic rings. The van der Waals surface area contributed by atoms with Gasteiger partial charge in [-0.25, -0.2) is 0 Å². The molecule has 0 unspecified atom stereocenters. The lowest BCUT2D eigenvalue weighted by Gasteiger charge is -2.11. The minimum Gasteiger partial charge on any atom is -0.297 e. The van der Waals surface area contributed by atoms with Gasteiger partial charge in [-0.05, 0) is 25.7 Å². The predicted molar refractivity (Wildman–Crippen MR) is 34.3 cm³/mol. The van der Waals surface area contributed by atoms with E-state index in [4.69, 9.17) is 0 Å². The summed E-state index contributed by atoms with van der Waals surface area (Å²) in [6.07, 6.45) is 7.76. The van der Waals surface area contributed by atoms with Crippen molar-refractivity contribution < 1.29 is 0 Å². The van der Waals surface area contributed by atoms with Crippen LogP contribution in [0.3, 0.4) is 0 Å². The van der Waals surface area contributed by atoms with Gasteiger partial charge in [0.2, 0.25) is 0 Å². The highest BCUT2D eigenvalue weighted by Crippen LogP contribution is 2.48. The Hall–Kier alpha value is -0.330. The van der Waals surface area contributed by atoms with Crippen molar-refractivity contribution >= 4 is 6.21 Å². The van der Waals surface area contributed by atoms with Gasteiger partial charge in [0.1, 0.15) is 0 Å². The van der Waals surface area contributed by atoms with Crippen LogP contribution in [0.25, 0.3) is 0 Å². The maximum atomic E-state index is 4.27. The van der Waals surface area contributed by atoms with E-state index in [0.717, 1.165) is 6.54 Å². The highest BCUT2D eigenvalue weighted by atomic mass is 14.8. The molecule has 2 aliphatic rings. The molecule has 1 aliphatic carbocycles. The van der Waals surface area contributed by atoms with Gasteiger partial charge < -0.3 is 0 Å². The van der Waals surface area contributed by atoms with Gasteiger partial charge in [-0.2, -0.15) is 0 Å². The zero-order valence-corrected chi connectivity index (χ0v) is 5.06. The summed E-state index contributed by atoms with van der Waals surface area (Å²) in [5, 5.41) is 0. The van der Waals surface area contributed by atoms with Gasteiger partial charge in [-0.15, -0.1) is 0 Å². The summed E-state index contributed by atoms with van der Waals surface area (Å²) in [5.74, 6) is 0. The van der Waals surface area contributed by atoms with E-state index < -0.39 is 0 Å². The lowest BCUT2D eigenvalue weighted by molar-refractivity contribution is 0.572. The van der Waals surface area contributed by atoms with Crippen molar-refractivity contribution in [1.29, 1.82) is 0 Å². The summed E-state index contributed by atoms with van der Waals surface area (Å²) >= 11 is 0. The molecule has 0 saturated heterocycles. The molecule has 0 radical (unpaired) electrons. The van der Waals surface area contributed by atoms with Crippen LogP contribution in [0.1, 0.15) is 25.7 Å². The van der Waals surface area contributed by atoms with Crippen molar-refractivity contribution in [3.8, 4) is 0 Å². The van der Waals surface area contributed by atoms with Crippen molar-refractivity contribution in [1.82, 2.24) is 0 Å². The molecular formula is C7H11N. The Kier molecular flexibility index (Phi) is 0.758. The molecule has 1 heterocycles. The van der Waals surface area contributed by atoms with E-state index in [2.05, 4.69) is 11.2 Å². The van der Waals surface area contributed by atoms with E-state index in [1.54, 1.807) is 0 Å². The van der Waals surface area contributed by atoms with Gasteiger partial charge in [0.25, 0.3) is 0 Å². The highest BCUT2D eigenvalue weighted by Gasteiger charge is 2.41. The molecular weight excluding hydrogens is 98.1 g/mol. The Morgan fingerprint density at radius 3 is 2.50 bits per heavy atom. The van der Waals surface area contributed by atoms with Gasteiger partial charge in [0.05, 0.1) is 0 Å². The minimum absolute atomic E-state index is 0.637. The van der Waals surface area contributed by atoms with Crippen LogP contribution in [0, 0.1) is 5.41 Å². The Morgan fingerprint density at radius 1 is 1.25 bits per heavy atom. The van der Waals surface area contributed by atoms with Crippen molar-refractivity contribution in [2.75, 3.05) is 6.54 Å². The number of nitrogens with zero attached hydrogens (tertiary/aromatic N) is 1. The van der Waals surface area contributed by atoms with E-state index in [-0.39, 0.29) is 0 Å². The fourth-order valence-corrected chi connectivity index (χ4v) is 1.38. The molecule has 2 rings (SSSR count). The molecule has 0 amide bonds. The topological polar surface area (TPSA) is 12.4 Å². The first-order valence-corrected chi connectivity index (χ1v) is 3.42. The Bertz CT molecular complexity index is 122. The summed E-state index contributed by atoms with van der Waals surface area (Å²) < 4.78 is 0. The third kappa shape index (κ3) is 0.575. The molecule has 1 nitrogen and oxygen atoms in total. The van der Waals surface area contributed by atoms with Crippen LogP contribution in [0.5, 0.6) is 0 Å². The molecule has 0 bridgehead atoms. The van der Waals surface area contributed by atoms with Crippen LogP contribution < -0.4 is 0 Å². The smallest absolute Gasteiger partial charge is 0.0385 e. The molecule has 1 spiro atoms. The number of aliphatic imine (C=N–C) groups is 1. The second-order valence-electron chi connectivity index (χ2n) is 3.00. The molecule has 0 atom stereocenters. The average molecular weight is 109 g/mol. The van der Waals surface area contributed by atoms with E-state index in [9.17, 15) is 0 Å². The molecule has 1 heteroatoms. The monoisotopic (exact) mass is 109 g/mol. The van der Waals surface area contributed by atoms with Crippen molar-refractivity contribution in [2.24, 2.45) is 10.4 Å². The first-order valence-electron chi connectivity index (χ1n) is 3.42. The Labute approximate surface area is 49.8 Å². The highest BCUT2D eigenvalue weighted by molar-refractivity contribution is 5.69. The molecule has 1 aliphatic heterocycles. The van der Waals surface area contributed by atoms with Gasteiger partial charge >= 0.3 is 0 Å². The number of rotatable bonds is 0. The second kappa shape index (κ2) is 1.34. The van der Waals surface area contributed by atoms with Crippen LogP contribution in [-0.4, -0.2) is 12.8 Å². The molecule has 1 fully saturated rings. The van der Waals surface area contributed by atoms with Crippen molar-refractivity contribution in [2.45, 2.75) is 25.7 Å². The first kappa shape index (κ1) is 4.54. The average Bonchev–Trinajstić information content (AvgIpc) is 2.52. The number of hydrogen-bond acceptors (Lipinski definition) is 1. The van der Waals surface area contributed by atoms with Gasteiger partial charge in [0, 0.05) is 18.2 Å². The molecule has 1 saturated carbocycles. The van der Waals surface area contributed by atoms with Crippen LogP contribution in [0.2, 0.25) is 0 Å². The summed E-state index contributed by atoms with van der Waals surface area (Å²) in [5.41, 5.74) is 0.637. The van der Waals surface area contributed by atoms with E-state index in [1.807, 2.05) is 0 Å². The summed E-state index contributed by atoms with van der Waals surface area (Å²) in [4.78, 5) is 4.27. The Morgan fingerprint density at radius 2 is 2.12 bits per heavy atom. The lowest BCUT2D eigenvalue weighted by Crippen LogP contribution is -2.07. The zero-order chi connectivity index (χ0) is 5.45. The van der Waals surface area contributed by atoms with Crippen LogP contribution in [0.15, 0.2) is 4.99 Å². The largest absolute Gasteiger partial charge is 0.297 e. The van der Waals surface area contributed by atoms with E-state index >= 15 is 0 Å². The van der Waals surface area contributed by atoms with Gasteiger partial charge in [0.15, 0.2) is 0 Å². The quantitative estimate of drug-likeness (QED) is 0.448. The van der Waals surface area contributed by atoms with Gasteiger partial charge in [-0.1, -0.05) is 0 Å². The van der Waals surface area contributed by atoms with Crippen molar-refractivity contribution in [3.05, 3.63) is 0 Å². The van der Waals surface area contributed by atoms with Crippen LogP contribution >= 0.6 is 0 Å². The molecule has 0 aromatic heterocycles. The van der Waals surface area contributed by atoms with E-state index in [0.29, 0.717) is 5.41 Å². The summed E-state index contributed by atoms with van der Waals surface area (Å²) in [6, 6.07) is 0. The minimum atomic E-state index is 0.637. The van der Waals surface area contributed by atoms with Gasteiger partial charge in [-0.3, -0.25) is 4.99 Å². The summed E-state index contributed by atoms with van der Waals surface area (Å²) in [6.45, 7) is 1.09. The summed E-state index contributed by atoms with van der Waals surface area (Å²) in [7, 11) is 0. The maximum absolute atomic E-state index is 4.27. The number of hydrogen-bond donors (Lipinski definition) is 0. The third-order valence-electron chi connectivity index (χ3n) is 2.22. The molecule has 8 heavy (non-hydrogen) atoms. The predicted octanol–water partition coefficient (Wildman–Crippen LogP) is 1.63. The maximum Gasteiger partial charge on any atom is 0.0385 e. The Balaban J connectivity index is 2.13. The first-order chi connectivity index (χ1) is 3.91. The van der Waals surface area contributed by atoms with Crippen LogP contribution in [0.4, 0.5) is 0 Å². The zero-order valence-electron chi connectivity index (χ0n) is 5.06. The molecule has 44 valence electrons. The third-order valence-corrected chi connectivity index (χ3v) is 2.22. The normalized spacial score (nSPS) is 31.0. The molecule has 0 N–H and O–H groups in total. The lowest BCUT2D eigenvalue weighted by atomic mass is 10.00.